The van der Waals surface area contributed by atoms with Gasteiger partial charge in [-0.1, -0.05) is 0 Å². The number of ether oxygens (including phenoxy) is 2. The van der Waals surface area contributed by atoms with E-state index in [2.05, 4.69) is 15.0 Å². The fourth-order valence-electron chi connectivity index (χ4n) is 1.65. The molecule has 1 aromatic heterocycles. The molecule has 0 saturated carbocycles. The molecule has 0 fully saturated rings. The van der Waals surface area contributed by atoms with Gasteiger partial charge in [-0.15, -0.1) is 0 Å². The smallest absolute Gasteiger partial charge is 0.341 e. The van der Waals surface area contributed by atoms with Gasteiger partial charge in [0.2, 0.25) is 0 Å². The Morgan fingerprint density at radius 1 is 1.45 bits per heavy atom. The highest BCUT2D eigenvalue weighted by Gasteiger charge is 2.21. The minimum absolute atomic E-state index is 0.198. The number of carbonyl (C=O) groups is 2. The van der Waals surface area contributed by atoms with Crippen molar-refractivity contribution in [2.45, 2.75) is 18.9 Å². The number of aromatic nitrogens is 1. The molecule has 20 heavy (non-hydrogen) atoms. The number of anilines is 1. The maximum atomic E-state index is 11.6. The summed E-state index contributed by atoms with van der Waals surface area (Å²) in [5.41, 5.74) is 0.202. The molecule has 0 saturated heterocycles. The van der Waals surface area contributed by atoms with E-state index >= 15 is 0 Å². The lowest BCUT2D eigenvalue weighted by molar-refractivity contribution is -0.138. The van der Waals surface area contributed by atoms with Gasteiger partial charge in [0.05, 0.1) is 7.11 Å². The van der Waals surface area contributed by atoms with Crippen LogP contribution < -0.4 is 5.32 Å². The van der Waals surface area contributed by atoms with Gasteiger partial charge in [-0.3, -0.25) is 0 Å². The molecule has 1 rings (SSSR count). The van der Waals surface area contributed by atoms with E-state index in [4.69, 9.17) is 4.74 Å². The fraction of sp³-hybridized carbons (Fsp3) is 0.462. The van der Waals surface area contributed by atoms with E-state index in [1.54, 1.807) is 13.2 Å². The number of carbonyl (C=O) groups excluding carboxylic acids is 1. The number of carboxylic acid groups (broad SMARTS) is 1. The summed E-state index contributed by atoms with van der Waals surface area (Å²) in [7, 11) is 2.81. The van der Waals surface area contributed by atoms with Crippen LogP contribution >= 0.6 is 0 Å². The highest BCUT2D eigenvalue weighted by molar-refractivity contribution is 5.95. The highest BCUT2D eigenvalue weighted by Crippen LogP contribution is 2.15. The summed E-state index contributed by atoms with van der Waals surface area (Å²) >= 11 is 0. The zero-order valence-corrected chi connectivity index (χ0v) is 11.5. The number of hydrogen-bond acceptors (Lipinski definition) is 6. The topological polar surface area (TPSA) is 97.8 Å². The Morgan fingerprint density at radius 2 is 2.20 bits per heavy atom. The average molecular weight is 282 g/mol. The molecule has 0 aliphatic carbocycles. The number of pyridine rings is 1. The quantitative estimate of drug-likeness (QED) is 0.545. The first-order chi connectivity index (χ1) is 9.60. The third kappa shape index (κ3) is 4.51. The van der Waals surface area contributed by atoms with Crippen LogP contribution in [-0.2, 0) is 14.3 Å². The molecule has 0 radical (unpaired) electrons. The Morgan fingerprint density at radius 3 is 2.80 bits per heavy atom. The van der Waals surface area contributed by atoms with E-state index in [0.29, 0.717) is 19.4 Å². The first-order valence-corrected chi connectivity index (χ1v) is 6.11. The SMILES string of the molecule is COCCCC(Nc1ncccc1C(=O)OC)C(=O)O. The fourth-order valence-corrected chi connectivity index (χ4v) is 1.65. The molecule has 0 aliphatic rings. The van der Waals surface area contributed by atoms with Crippen molar-refractivity contribution in [2.24, 2.45) is 0 Å². The normalized spacial score (nSPS) is 11.7. The van der Waals surface area contributed by atoms with Crippen molar-refractivity contribution < 1.29 is 24.2 Å². The van der Waals surface area contributed by atoms with Crippen molar-refractivity contribution in [3.63, 3.8) is 0 Å². The van der Waals surface area contributed by atoms with Crippen LogP contribution in [0.1, 0.15) is 23.2 Å². The van der Waals surface area contributed by atoms with Crippen LogP contribution in [0.3, 0.4) is 0 Å². The van der Waals surface area contributed by atoms with E-state index in [1.165, 1.54) is 19.4 Å². The summed E-state index contributed by atoms with van der Waals surface area (Å²) in [5, 5.41) is 11.9. The molecular formula is C13H18N2O5. The van der Waals surface area contributed by atoms with Crippen molar-refractivity contribution in [3.8, 4) is 0 Å². The van der Waals surface area contributed by atoms with Crippen LogP contribution in [0.25, 0.3) is 0 Å². The molecule has 2 N–H and O–H groups in total. The van der Waals surface area contributed by atoms with Gasteiger partial charge in [-0.25, -0.2) is 14.6 Å². The van der Waals surface area contributed by atoms with Crippen molar-refractivity contribution >= 4 is 17.8 Å². The van der Waals surface area contributed by atoms with Gasteiger partial charge in [0.1, 0.15) is 17.4 Å². The molecule has 0 spiro atoms. The number of nitrogens with one attached hydrogen (secondary N) is 1. The first-order valence-electron chi connectivity index (χ1n) is 6.11. The number of hydrogen-bond donors (Lipinski definition) is 2. The van der Waals surface area contributed by atoms with Crippen LogP contribution in [0.5, 0.6) is 0 Å². The maximum absolute atomic E-state index is 11.6. The Balaban J connectivity index is 2.83. The van der Waals surface area contributed by atoms with Gasteiger partial charge in [0, 0.05) is 19.9 Å². The van der Waals surface area contributed by atoms with Gasteiger partial charge in [0.15, 0.2) is 0 Å². The predicted molar refractivity (Wildman–Crippen MR) is 71.7 cm³/mol. The maximum Gasteiger partial charge on any atom is 0.341 e. The van der Waals surface area contributed by atoms with Crippen molar-refractivity contribution in [2.75, 3.05) is 26.1 Å². The van der Waals surface area contributed by atoms with Crippen molar-refractivity contribution in [3.05, 3.63) is 23.9 Å². The van der Waals surface area contributed by atoms with E-state index in [9.17, 15) is 14.7 Å². The van der Waals surface area contributed by atoms with Crippen molar-refractivity contribution in [1.82, 2.24) is 4.98 Å². The van der Waals surface area contributed by atoms with Crippen LogP contribution in [-0.4, -0.2) is 48.9 Å². The second kappa shape index (κ2) is 8.11. The Labute approximate surface area is 116 Å². The molecule has 7 nitrogen and oxygen atoms in total. The Bertz CT molecular complexity index is 464. The molecule has 0 aliphatic heterocycles. The average Bonchev–Trinajstić information content (AvgIpc) is 2.46. The summed E-state index contributed by atoms with van der Waals surface area (Å²) in [6, 6.07) is 2.26. The zero-order chi connectivity index (χ0) is 15.0. The molecule has 110 valence electrons. The Kier molecular flexibility index (Phi) is 6.45. The van der Waals surface area contributed by atoms with Gasteiger partial charge < -0.3 is 19.9 Å². The second-order valence-corrected chi connectivity index (χ2v) is 4.06. The van der Waals surface area contributed by atoms with Crippen LogP contribution in [0.2, 0.25) is 0 Å². The number of methoxy groups -OCH3 is 2. The molecule has 1 aromatic rings. The summed E-state index contributed by atoms with van der Waals surface area (Å²) in [6.45, 7) is 0.470. The zero-order valence-electron chi connectivity index (χ0n) is 11.5. The largest absolute Gasteiger partial charge is 0.480 e. The number of esters is 1. The first kappa shape index (κ1) is 15.9. The third-order valence-corrected chi connectivity index (χ3v) is 2.66. The monoisotopic (exact) mass is 282 g/mol. The summed E-state index contributed by atoms with van der Waals surface area (Å²) in [4.78, 5) is 26.8. The summed E-state index contributed by atoms with van der Waals surface area (Å²) in [6.07, 6.45) is 2.42. The van der Waals surface area contributed by atoms with Gasteiger partial charge in [-0.05, 0) is 25.0 Å². The lowest BCUT2D eigenvalue weighted by atomic mass is 10.1. The molecule has 0 aromatic carbocycles. The lowest BCUT2D eigenvalue weighted by Gasteiger charge is -2.16. The van der Waals surface area contributed by atoms with Crippen LogP contribution in [0.15, 0.2) is 18.3 Å². The number of rotatable bonds is 8. The summed E-state index contributed by atoms with van der Waals surface area (Å²) < 4.78 is 9.52. The molecule has 0 bridgehead atoms. The van der Waals surface area contributed by atoms with E-state index in [1.807, 2.05) is 0 Å². The minimum Gasteiger partial charge on any atom is -0.480 e. The van der Waals surface area contributed by atoms with Gasteiger partial charge >= 0.3 is 11.9 Å². The van der Waals surface area contributed by atoms with E-state index < -0.39 is 18.0 Å². The lowest BCUT2D eigenvalue weighted by Crippen LogP contribution is -2.30. The number of carboxylic acids is 1. The third-order valence-electron chi connectivity index (χ3n) is 2.66. The molecular weight excluding hydrogens is 264 g/mol. The minimum atomic E-state index is -1.01. The van der Waals surface area contributed by atoms with E-state index in [-0.39, 0.29) is 11.4 Å². The molecule has 1 unspecified atom stereocenters. The predicted octanol–water partition coefficient (Wildman–Crippen LogP) is 1.16. The van der Waals surface area contributed by atoms with Crippen LogP contribution in [0, 0.1) is 0 Å². The second-order valence-electron chi connectivity index (χ2n) is 4.06. The van der Waals surface area contributed by atoms with Gasteiger partial charge in [0.25, 0.3) is 0 Å². The summed E-state index contributed by atoms with van der Waals surface area (Å²) in [5.74, 6) is -1.38. The molecule has 0 amide bonds. The Hall–Kier alpha value is -2.15. The highest BCUT2D eigenvalue weighted by atomic mass is 16.5. The van der Waals surface area contributed by atoms with Crippen LogP contribution in [0.4, 0.5) is 5.82 Å². The van der Waals surface area contributed by atoms with Gasteiger partial charge in [-0.2, -0.15) is 0 Å². The molecule has 1 heterocycles. The molecule has 1 atom stereocenters. The number of aliphatic carboxylic acids is 1. The number of nitrogens with zero attached hydrogens (tertiary/aromatic N) is 1. The molecule has 7 heteroatoms. The van der Waals surface area contributed by atoms with Crippen molar-refractivity contribution in [1.29, 1.82) is 0 Å². The standard InChI is InChI=1S/C13H18N2O5/c1-19-8-4-6-10(12(16)17)15-11-9(13(18)20-2)5-3-7-14-11/h3,5,7,10H,4,6,8H2,1-2H3,(H,14,15)(H,16,17). The van der Waals surface area contributed by atoms with E-state index in [0.717, 1.165) is 0 Å².